The van der Waals surface area contributed by atoms with Crippen LogP contribution in [0.25, 0.3) is 0 Å². The molecule has 0 heterocycles. The predicted octanol–water partition coefficient (Wildman–Crippen LogP) is 1.38. The first-order chi connectivity index (χ1) is 14.8. The third-order valence-electron chi connectivity index (χ3n) is 5.34. The van der Waals surface area contributed by atoms with Gasteiger partial charge in [0.15, 0.2) is 0 Å². The van der Waals surface area contributed by atoms with Crippen LogP contribution in [0.1, 0.15) is 90.4 Å². The van der Waals surface area contributed by atoms with Crippen molar-refractivity contribution in [3.8, 4) is 0 Å². The Morgan fingerprint density at radius 2 is 1.32 bits per heavy atom. The summed E-state index contributed by atoms with van der Waals surface area (Å²) in [5, 5.41) is 14.7. The molecule has 182 valence electrons. The number of nitrogens with one attached hydrogen (secondary N) is 2. The molecule has 0 bridgehead atoms. The van der Waals surface area contributed by atoms with Crippen LogP contribution in [0.5, 0.6) is 0 Å². The predicted molar refractivity (Wildman–Crippen MR) is 123 cm³/mol. The number of amides is 2. The molecule has 0 aromatic heterocycles. The summed E-state index contributed by atoms with van der Waals surface area (Å²) in [6.45, 7) is 3.16. The quantitative estimate of drug-likeness (QED) is 0.154. The van der Waals surface area contributed by atoms with Crippen LogP contribution in [0.4, 0.5) is 0 Å². The first kappa shape index (κ1) is 29.3. The maximum atomic E-state index is 12.2. The lowest BCUT2D eigenvalue weighted by atomic mass is 10.0. The Morgan fingerprint density at radius 3 is 1.94 bits per heavy atom. The SMILES string of the molecule is CCCCCCCCC(N)C(=O)N[C@@H](CCCCNC(=O)[C@@H](N)CCCCN)C(=O)O. The van der Waals surface area contributed by atoms with E-state index in [0.717, 1.165) is 32.1 Å². The monoisotopic (exact) mass is 443 g/mol. The van der Waals surface area contributed by atoms with E-state index in [1.807, 2.05) is 0 Å². The van der Waals surface area contributed by atoms with Gasteiger partial charge < -0.3 is 32.9 Å². The standard InChI is InChI=1S/C22H45N5O4/c1-2-3-4-5-6-7-12-18(25)21(29)27-19(22(30)31)14-9-11-16-26-20(28)17(24)13-8-10-15-23/h17-19H,2-16,23-25H2,1H3,(H,26,28)(H,27,29)(H,30,31)/t17-,18?,19-/m0/s1. The van der Waals surface area contributed by atoms with Crippen LogP contribution in [0, 0.1) is 0 Å². The molecular formula is C22H45N5O4. The normalized spacial score (nSPS) is 13.9. The third kappa shape index (κ3) is 15.7. The van der Waals surface area contributed by atoms with E-state index in [1.54, 1.807) is 0 Å². The van der Waals surface area contributed by atoms with Crippen LogP contribution in [-0.2, 0) is 14.4 Å². The van der Waals surface area contributed by atoms with Crippen molar-refractivity contribution in [3.63, 3.8) is 0 Å². The van der Waals surface area contributed by atoms with Crippen molar-refractivity contribution in [2.24, 2.45) is 17.2 Å². The molecule has 0 saturated heterocycles. The third-order valence-corrected chi connectivity index (χ3v) is 5.34. The largest absolute Gasteiger partial charge is 0.480 e. The van der Waals surface area contributed by atoms with E-state index in [2.05, 4.69) is 17.6 Å². The lowest BCUT2D eigenvalue weighted by Crippen LogP contribution is -2.48. The Bertz CT molecular complexity index is 504. The number of aliphatic carboxylic acids is 1. The van der Waals surface area contributed by atoms with Gasteiger partial charge in [-0.1, -0.05) is 51.9 Å². The van der Waals surface area contributed by atoms with Gasteiger partial charge in [-0.3, -0.25) is 9.59 Å². The first-order valence-electron chi connectivity index (χ1n) is 11.9. The fourth-order valence-electron chi connectivity index (χ4n) is 3.27. The second-order valence-corrected chi connectivity index (χ2v) is 8.24. The molecule has 2 amide bonds. The second kappa shape index (κ2) is 19.0. The Morgan fingerprint density at radius 1 is 0.774 bits per heavy atom. The van der Waals surface area contributed by atoms with Gasteiger partial charge in [0.1, 0.15) is 6.04 Å². The molecule has 0 spiro atoms. The highest BCUT2D eigenvalue weighted by atomic mass is 16.4. The molecule has 1 unspecified atom stereocenters. The molecule has 0 aliphatic rings. The Kier molecular flexibility index (Phi) is 18.0. The van der Waals surface area contributed by atoms with Gasteiger partial charge in [0.2, 0.25) is 11.8 Å². The summed E-state index contributed by atoms with van der Waals surface area (Å²) in [5.41, 5.74) is 17.2. The first-order valence-corrected chi connectivity index (χ1v) is 11.9. The van der Waals surface area contributed by atoms with E-state index >= 15 is 0 Å². The summed E-state index contributed by atoms with van der Waals surface area (Å²) >= 11 is 0. The van der Waals surface area contributed by atoms with Crippen molar-refractivity contribution in [3.05, 3.63) is 0 Å². The number of rotatable bonds is 20. The molecule has 0 aliphatic carbocycles. The van der Waals surface area contributed by atoms with Gasteiger partial charge in [-0.15, -0.1) is 0 Å². The Hall–Kier alpha value is -1.71. The van der Waals surface area contributed by atoms with Gasteiger partial charge in [0, 0.05) is 6.54 Å². The topological polar surface area (TPSA) is 174 Å². The van der Waals surface area contributed by atoms with Gasteiger partial charge in [0.25, 0.3) is 0 Å². The Balaban J connectivity index is 4.06. The summed E-state index contributed by atoms with van der Waals surface area (Å²) in [6.07, 6.45) is 10.9. The minimum Gasteiger partial charge on any atom is -0.480 e. The fraction of sp³-hybridized carbons (Fsp3) is 0.864. The van der Waals surface area contributed by atoms with Crippen LogP contribution in [0.2, 0.25) is 0 Å². The number of unbranched alkanes of at least 4 members (excludes halogenated alkanes) is 7. The average Bonchev–Trinajstić information content (AvgIpc) is 2.74. The summed E-state index contributed by atoms with van der Waals surface area (Å²) in [6, 6.07) is -2.21. The maximum Gasteiger partial charge on any atom is 0.326 e. The second-order valence-electron chi connectivity index (χ2n) is 8.24. The molecule has 9 nitrogen and oxygen atoms in total. The van der Waals surface area contributed by atoms with E-state index < -0.39 is 30.0 Å². The summed E-state index contributed by atoms with van der Waals surface area (Å²) < 4.78 is 0. The molecule has 0 rings (SSSR count). The molecule has 31 heavy (non-hydrogen) atoms. The minimum absolute atomic E-state index is 0.208. The van der Waals surface area contributed by atoms with Crippen molar-refractivity contribution >= 4 is 17.8 Å². The van der Waals surface area contributed by atoms with E-state index in [-0.39, 0.29) is 12.3 Å². The zero-order chi connectivity index (χ0) is 23.5. The summed E-state index contributed by atoms with van der Waals surface area (Å²) in [7, 11) is 0. The zero-order valence-corrected chi connectivity index (χ0v) is 19.2. The van der Waals surface area contributed by atoms with Crippen LogP contribution in [0.15, 0.2) is 0 Å². The van der Waals surface area contributed by atoms with Crippen molar-refractivity contribution in [2.75, 3.05) is 13.1 Å². The van der Waals surface area contributed by atoms with E-state index in [0.29, 0.717) is 38.8 Å². The molecular weight excluding hydrogens is 398 g/mol. The van der Waals surface area contributed by atoms with Crippen molar-refractivity contribution in [1.82, 2.24) is 10.6 Å². The van der Waals surface area contributed by atoms with Gasteiger partial charge in [-0.25, -0.2) is 4.79 Å². The van der Waals surface area contributed by atoms with Crippen LogP contribution >= 0.6 is 0 Å². The number of hydrogen-bond donors (Lipinski definition) is 6. The zero-order valence-electron chi connectivity index (χ0n) is 19.2. The Labute approximate surface area is 187 Å². The highest BCUT2D eigenvalue weighted by molar-refractivity contribution is 5.86. The number of carboxylic acids is 1. The summed E-state index contributed by atoms with van der Waals surface area (Å²) in [4.78, 5) is 35.6. The highest BCUT2D eigenvalue weighted by Crippen LogP contribution is 2.09. The molecule has 0 fully saturated rings. The summed E-state index contributed by atoms with van der Waals surface area (Å²) in [5.74, 6) is -1.70. The van der Waals surface area contributed by atoms with Crippen molar-refractivity contribution in [2.45, 2.75) is 109 Å². The molecule has 9 heteroatoms. The molecule has 0 aliphatic heterocycles. The van der Waals surface area contributed by atoms with Crippen molar-refractivity contribution < 1.29 is 19.5 Å². The van der Waals surface area contributed by atoms with Gasteiger partial charge in [-0.2, -0.15) is 0 Å². The van der Waals surface area contributed by atoms with Crippen LogP contribution < -0.4 is 27.8 Å². The lowest BCUT2D eigenvalue weighted by molar-refractivity contribution is -0.142. The van der Waals surface area contributed by atoms with Gasteiger partial charge >= 0.3 is 5.97 Å². The van der Waals surface area contributed by atoms with E-state index in [4.69, 9.17) is 17.2 Å². The molecule has 0 saturated carbocycles. The van der Waals surface area contributed by atoms with Crippen LogP contribution in [0.3, 0.4) is 0 Å². The molecule has 0 radical (unpaired) electrons. The number of nitrogens with two attached hydrogens (primary N) is 3. The van der Waals surface area contributed by atoms with E-state index in [1.165, 1.54) is 19.3 Å². The molecule has 0 aromatic rings. The van der Waals surface area contributed by atoms with Crippen LogP contribution in [-0.4, -0.2) is 54.1 Å². The maximum absolute atomic E-state index is 12.2. The van der Waals surface area contributed by atoms with Gasteiger partial charge in [-0.05, 0) is 45.1 Å². The number of hydrogen-bond acceptors (Lipinski definition) is 6. The minimum atomic E-state index is -1.08. The van der Waals surface area contributed by atoms with E-state index in [9.17, 15) is 19.5 Å². The number of carboxylic acid groups (broad SMARTS) is 1. The molecule has 0 aromatic carbocycles. The smallest absolute Gasteiger partial charge is 0.326 e. The number of carbonyl (C=O) groups excluding carboxylic acids is 2. The van der Waals surface area contributed by atoms with Crippen molar-refractivity contribution in [1.29, 1.82) is 0 Å². The molecule has 9 N–H and O–H groups in total. The highest BCUT2D eigenvalue weighted by Gasteiger charge is 2.22. The van der Waals surface area contributed by atoms with Gasteiger partial charge in [0.05, 0.1) is 12.1 Å². The number of carbonyl (C=O) groups is 3. The fourth-order valence-corrected chi connectivity index (χ4v) is 3.27. The average molecular weight is 444 g/mol. The molecule has 3 atom stereocenters. The lowest BCUT2D eigenvalue weighted by Gasteiger charge is -2.18.